The Bertz CT molecular complexity index is 3520. The van der Waals surface area contributed by atoms with E-state index in [9.17, 15) is 0 Å². The van der Waals surface area contributed by atoms with E-state index in [1.165, 1.54) is 63.6 Å². The Hall–Kier alpha value is -7.01. The number of hydrogen-bond donors (Lipinski definition) is 1. The van der Waals surface area contributed by atoms with Crippen molar-refractivity contribution in [2.24, 2.45) is 4.99 Å². The summed E-state index contributed by atoms with van der Waals surface area (Å²) >= 11 is 1.81. The lowest BCUT2D eigenvalue weighted by atomic mass is 9.94. The van der Waals surface area contributed by atoms with E-state index in [4.69, 9.17) is 9.41 Å². The van der Waals surface area contributed by atoms with Gasteiger partial charge in [-0.2, -0.15) is 0 Å². The molecule has 0 amide bonds. The number of benzene rings is 9. The minimum atomic E-state index is -0.338. The van der Waals surface area contributed by atoms with E-state index in [0.717, 1.165) is 49.7 Å². The Labute approximate surface area is 326 Å². The lowest BCUT2D eigenvalue weighted by Crippen LogP contribution is -2.37. The van der Waals surface area contributed by atoms with Gasteiger partial charge in [0.25, 0.3) is 0 Å². The molecule has 11 aromatic rings. The molecular formula is C52H32N2OS. The van der Waals surface area contributed by atoms with Crippen LogP contribution in [0.15, 0.2) is 191 Å². The second kappa shape index (κ2) is 12.3. The minimum absolute atomic E-state index is 0.338. The molecule has 0 aliphatic carbocycles. The molecule has 9 aromatic carbocycles. The highest BCUT2D eigenvalue weighted by Crippen LogP contribution is 2.41. The molecule has 0 radical (unpaired) electrons. The molecule has 56 heavy (non-hydrogen) atoms. The normalized spacial score (nSPS) is 14.1. The van der Waals surface area contributed by atoms with Crippen molar-refractivity contribution in [1.29, 1.82) is 0 Å². The number of nitrogens with one attached hydrogen (secondary N) is 1. The zero-order chi connectivity index (χ0) is 36.7. The van der Waals surface area contributed by atoms with Crippen molar-refractivity contribution in [3.05, 3.63) is 203 Å². The van der Waals surface area contributed by atoms with Gasteiger partial charge in [-0.05, 0) is 73.3 Å². The molecule has 1 atom stereocenters. The van der Waals surface area contributed by atoms with Gasteiger partial charge in [0.15, 0.2) is 0 Å². The summed E-state index contributed by atoms with van der Waals surface area (Å²) in [5.74, 6) is 0. The van der Waals surface area contributed by atoms with Crippen LogP contribution in [-0.4, -0.2) is 0 Å². The van der Waals surface area contributed by atoms with E-state index >= 15 is 0 Å². The fourth-order valence-electron chi connectivity index (χ4n) is 8.84. The van der Waals surface area contributed by atoms with Crippen LogP contribution in [0.2, 0.25) is 0 Å². The molecule has 3 nitrogen and oxygen atoms in total. The largest absolute Gasteiger partial charge is 0.455 e. The van der Waals surface area contributed by atoms with E-state index in [1.54, 1.807) is 0 Å². The van der Waals surface area contributed by atoms with Crippen molar-refractivity contribution in [1.82, 2.24) is 5.32 Å². The summed E-state index contributed by atoms with van der Waals surface area (Å²) in [6.45, 7) is 0. The Morgan fingerprint density at radius 2 is 1.16 bits per heavy atom. The third-order valence-electron chi connectivity index (χ3n) is 11.5. The summed E-state index contributed by atoms with van der Waals surface area (Å²) in [7, 11) is 0. The summed E-state index contributed by atoms with van der Waals surface area (Å²) < 4.78 is 9.20. The molecular weight excluding hydrogens is 701 g/mol. The van der Waals surface area contributed by atoms with Crippen molar-refractivity contribution < 1.29 is 4.42 Å². The second-order valence-corrected chi connectivity index (χ2v) is 15.7. The third kappa shape index (κ3) is 4.79. The molecule has 1 aliphatic rings. The van der Waals surface area contributed by atoms with Crippen LogP contribution in [0.5, 0.6) is 0 Å². The van der Waals surface area contributed by atoms with Crippen molar-refractivity contribution >= 4 is 81.4 Å². The number of hydrogen-bond acceptors (Lipinski definition) is 4. The van der Waals surface area contributed by atoms with E-state index in [-0.39, 0.29) is 6.17 Å². The summed E-state index contributed by atoms with van der Waals surface area (Å²) in [5.41, 5.74) is 9.72. The maximum atomic E-state index is 6.80. The number of nitrogens with zero attached hydrogens (tertiary/aromatic N) is 1. The van der Waals surface area contributed by atoms with Crippen LogP contribution in [-0.2, 0) is 0 Å². The topological polar surface area (TPSA) is 37.5 Å². The molecule has 12 rings (SSSR count). The number of para-hydroxylation sites is 1. The molecule has 0 fully saturated rings. The maximum absolute atomic E-state index is 6.80. The van der Waals surface area contributed by atoms with Crippen molar-refractivity contribution in [2.75, 3.05) is 0 Å². The molecule has 1 aliphatic heterocycles. The highest BCUT2D eigenvalue weighted by Gasteiger charge is 2.26. The van der Waals surface area contributed by atoms with Crippen LogP contribution in [0, 0.1) is 0 Å². The predicted octanol–water partition coefficient (Wildman–Crippen LogP) is 12.7. The maximum Gasteiger partial charge on any atom is 0.146 e. The average molecular weight is 733 g/mol. The van der Waals surface area contributed by atoms with Crippen LogP contribution in [0.4, 0.5) is 0 Å². The molecule has 2 aromatic heterocycles. The quantitative estimate of drug-likeness (QED) is 0.183. The SMILES string of the molecule is c1ccc2cc(-c3ccc(-c4cccc5c4oc4cccc(C6N=c7c(sc8ccccc78)=C(c7cc8ccccc8c8ccccc78)N6)c45)cc3)ccc2c1. The predicted molar refractivity (Wildman–Crippen MR) is 235 cm³/mol. The van der Waals surface area contributed by atoms with E-state index in [0.29, 0.717) is 0 Å². The standard InChI is InChI=1S/C52H32N2OS/c1-2-12-34-29-35(28-25-31(34)11-1)32-23-26-33(27-24-32)38-18-9-19-42-47-43(20-10-21-45(47)55-50(38)42)52-53-48-41-17-7-8-22-46(41)56-51(48)49(54-52)44-30-36-13-3-4-14-37(36)39-15-5-6-16-40(39)44/h1-30,52,54H. The van der Waals surface area contributed by atoms with Gasteiger partial charge >= 0.3 is 0 Å². The summed E-state index contributed by atoms with van der Waals surface area (Å²) in [5, 5.41) is 15.8. The van der Waals surface area contributed by atoms with Gasteiger partial charge in [0.1, 0.15) is 17.3 Å². The molecule has 1 N–H and O–H groups in total. The fraction of sp³-hybridized carbons (Fsp3) is 0.0192. The number of rotatable bonds is 4. The van der Waals surface area contributed by atoms with Crippen molar-refractivity contribution in [3.8, 4) is 22.3 Å². The minimum Gasteiger partial charge on any atom is -0.455 e. The van der Waals surface area contributed by atoms with Crippen LogP contribution >= 0.6 is 11.3 Å². The first-order valence-electron chi connectivity index (χ1n) is 19.1. The second-order valence-electron chi connectivity index (χ2n) is 14.7. The van der Waals surface area contributed by atoms with Crippen molar-refractivity contribution in [2.45, 2.75) is 6.17 Å². The van der Waals surface area contributed by atoms with Crippen LogP contribution < -0.4 is 15.2 Å². The zero-order valence-corrected chi connectivity index (χ0v) is 31.0. The van der Waals surface area contributed by atoms with Gasteiger partial charge in [0.2, 0.25) is 0 Å². The summed E-state index contributed by atoms with van der Waals surface area (Å²) in [6, 6.07) is 65.4. The molecule has 3 heterocycles. The van der Waals surface area contributed by atoms with E-state index in [2.05, 4.69) is 187 Å². The smallest absolute Gasteiger partial charge is 0.146 e. The van der Waals surface area contributed by atoms with Gasteiger partial charge in [-0.15, -0.1) is 11.3 Å². The molecule has 0 bridgehead atoms. The number of fused-ring (bicyclic) bond motifs is 10. The molecule has 4 heteroatoms. The Morgan fingerprint density at radius 1 is 0.482 bits per heavy atom. The highest BCUT2D eigenvalue weighted by molar-refractivity contribution is 7.17. The van der Waals surface area contributed by atoms with Gasteiger partial charge in [-0.1, -0.05) is 158 Å². The van der Waals surface area contributed by atoms with Crippen LogP contribution in [0.3, 0.4) is 0 Å². The first kappa shape index (κ1) is 31.4. The summed E-state index contributed by atoms with van der Waals surface area (Å²) in [6.07, 6.45) is -0.338. The summed E-state index contributed by atoms with van der Waals surface area (Å²) in [4.78, 5) is 5.53. The molecule has 0 spiro atoms. The molecule has 262 valence electrons. The highest BCUT2D eigenvalue weighted by atomic mass is 32.1. The first-order valence-corrected chi connectivity index (χ1v) is 19.9. The Morgan fingerprint density at radius 3 is 2.04 bits per heavy atom. The van der Waals surface area contributed by atoms with Crippen LogP contribution in [0.25, 0.3) is 92.3 Å². The van der Waals surface area contributed by atoms with E-state index < -0.39 is 0 Å². The van der Waals surface area contributed by atoms with Crippen LogP contribution in [0.1, 0.15) is 17.3 Å². The van der Waals surface area contributed by atoms with Gasteiger partial charge < -0.3 is 9.73 Å². The first-order chi connectivity index (χ1) is 27.7. The number of furan rings is 1. The molecule has 1 unspecified atom stereocenters. The number of thiophene rings is 1. The van der Waals surface area contributed by atoms with Crippen molar-refractivity contribution in [3.63, 3.8) is 0 Å². The molecule has 0 saturated carbocycles. The third-order valence-corrected chi connectivity index (χ3v) is 12.7. The molecule has 0 saturated heterocycles. The van der Waals surface area contributed by atoms with Gasteiger partial charge in [-0.3, -0.25) is 4.99 Å². The lowest BCUT2D eigenvalue weighted by molar-refractivity contribution is 0.641. The lowest BCUT2D eigenvalue weighted by Gasteiger charge is -2.24. The fourth-order valence-corrected chi connectivity index (χ4v) is 10.0. The zero-order valence-electron chi connectivity index (χ0n) is 30.2. The Balaban J connectivity index is 1.02. The van der Waals surface area contributed by atoms with Gasteiger partial charge in [0.05, 0.1) is 15.6 Å². The van der Waals surface area contributed by atoms with E-state index in [1.807, 2.05) is 11.3 Å². The van der Waals surface area contributed by atoms with Gasteiger partial charge in [0, 0.05) is 37.5 Å². The Kier molecular flexibility index (Phi) is 6.86. The average Bonchev–Trinajstić information content (AvgIpc) is 3.85. The van der Waals surface area contributed by atoms with Gasteiger partial charge in [-0.25, -0.2) is 0 Å². The monoisotopic (exact) mass is 732 g/mol.